The molecule has 1 aromatic heterocycles. The first-order valence-corrected chi connectivity index (χ1v) is 11.2. The number of amides is 3. The molecule has 5 rings (SSSR count). The number of fused-ring (bicyclic) bond motifs is 1. The molecule has 1 fully saturated rings. The van der Waals surface area contributed by atoms with Crippen LogP contribution in [0.2, 0.25) is 0 Å². The van der Waals surface area contributed by atoms with Gasteiger partial charge in [-0.1, -0.05) is 12.1 Å². The lowest BCUT2D eigenvalue weighted by molar-refractivity contribution is 0.0746. The molecular formula is C26H24N6O2. The van der Waals surface area contributed by atoms with Crippen LogP contribution in [0, 0.1) is 11.3 Å². The van der Waals surface area contributed by atoms with E-state index in [0.717, 1.165) is 30.0 Å². The minimum atomic E-state index is -0.209. The second-order valence-corrected chi connectivity index (χ2v) is 8.43. The topological polar surface area (TPSA) is 92.6 Å². The summed E-state index contributed by atoms with van der Waals surface area (Å²) in [6, 6.07) is 20.3. The predicted octanol–water partition coefficient (Wildman–Crippen LogP) is 3.46. The number of pyridine rings is 1. The average Bonchev–Trinajstić information content (AvgIpc) is 3.33. The molecule has 0 bridgehead atoms. The summed E-state index contributed by atoms with van der Waals surface area (Å²) in [5, 5.41) is 12.0. The molecule has 2 aliphatic heterocycles. The van der Waals surface area contributed by atoms with Crippen molar-refractivity contribution in [2.45, 2.75) is 13.1 Å². The van der Waals surface area contributed by atoms with Crippen LogP contribution in [0.5, 0.6) is 0 Å². The highest BCUT2D eigenvalue weighted by atomic mass is 16.2. The number of benzene rings is 2. The Hall–Kier alpha value is -4.38. The molecular weight excluding hydrogens is 428 g/mol. The van der Waals surface area contributed by atoms with Crippen molar-refractivity contribution in [3.05, 3.63) is 89.1 Å². The third-order valence-corrected chi connectivity index (χ3v) is 6.27. The van der Waals surface area contributed by atoms with Crippen LogP contribution in [-0.2, 0) is 13.1 Å². The number of rotatable bonds is 3. The lowest BCUT2D eigenvalue weighted by Crippen LogP contribution is -2.49. The summed E-state index contributed by atoms with van der Waals surface area (Å²) in [7, 11) is 0. The number of aromatic nitrogens is 1. The van der Waals surface area contributed by atoms with E-state index in [9.17, 15) is 9.59 Å². The summed E-state index contributed by atoms with van der Waals surface area (Å²) in [5.41, 5.74) is 3.88. The number of carbonyl (C=O) groups excluding carboxylic acids is 2. The molecule has 0 spiro atoms. The Bertz CT molecular complexity index is 1240. The molecule has 0 aliphatic carbocycles. The molecule has 1 saturated heterocycles. The van der Waals surface area contributed by atoms with E-state index in [1.165, 1.54) is 0 Å². The highest BCUT2D eigenvalue weighted by Crippen LogP contribution is 2.25. The maximum absolute atomic E-state index is 12.9. The fraction of sp³-hybridized carbons (Fsp3) is 0.231. The van der Waals surface area contributed by atoms with Gasteiger partial charge in [0.1, 0.15) is 5.82 Å². The van der Waals surface area contributed by atoms with Crippen molar-refractivity contribution in [3.8, 4) is 6.07 Å². The Kier molecular flexibility index (Phi) is 5.83. The summed E-state index contributed by atoms with van der Waals surface area (Å²) in [4.78, 5) is 35.8. The van der Waals surface area contributed by atoms with Crippen molar-refractivity contribution >= 4 is 23.4 Å². The number of nitriles is 1. The first-order chi connectivity index (χ1) is 16.6. The van der Waals surface area contributed by atoms with Crippen LogP contribution in [0.3, 0.4) is 0 Å². The SMILES string of the molecule is N#Cc1ccc2c(c1)CN(C(=O)Nc1ccc(C(=O)N3CCN(c4ccccn4)CC3)cc1)C2. The largest absolute Gasteiger partial charge is 0.353 e. The van der Waals surface area contributed by atoms with Crippen LogP contribution in [0.15, 0.2) is 66.9 Å². The van der Waals surface area contributed by atoms with E-state index in [1.54, 1.807) is 41.4 Å². The minimum absolute atomic E-state index is 0.0122. The fourth-order valence-corrected chi connectivity index (χ4v) is 4.37. The van der Waals surface area contributed by atoms with Gasteiger partial charge in [-0.15, -0.1) is 0 Å². The molecule has 2 aromatic carbocycles. The summed E-state index contributed by atoms with van der Waals surface area (Å²) in [6.07, 6.45) is 1.78. The van der Waals surface area contributed by atoms with Gasteiger partial charge in [0.05, 0.1) is 11.6 Å². The third kappa shape index (κ3) is 4.41. The first-order valence-electron chi connectivity index (χ1n) is 11.2. The number of hydrogen-bond acceptors (Lipinski definition) is 5. The van der Waals surface area contributed by atoms with E-state index in [0.29, 0.717) is 43.0 Å². The van der Waals surface area contributed by atoms with Crippen molar-refractivity contribution in [1.82, 2.24) is 14.8 Å². The fourth-order valence-electron chi connectivity index (χ4n) is 4.37. The van der Waals surface area contributed by atoms with Gasteiger partial charge in [0.2, 0.25) is 0 Å². The monoisotopic (exact) mass is 452 g/mol. The molecule has 3 heterocycles. The van der Waals surface area contributed by atoms with Crippen LogP contribution >= 0.6 is 0 Å². The summed E-state index contributed by atoms with van der Waals surface area (Å²) in [6.45, 7) is 3.73. The molecule has 0 atom stereocenters. The zero-order valence-corrected chi connectivity index (χ0v) is 18.6. The Labute approximate surface area is 198 Å². The second-order valence-electron chi connectivity index (χ2n) is 8.43. The molecule has 8 nitrogen and oxygen atoms in total. The smallest absolute Gasteiger partial charge is 0.322 e. The molecule has 34 heavy (non-hydrogen) atoms. The zero-order chi connectivity index (χ0) is 23.5. The minimum Gasteiger partial charge on any atom is -0.353 e. The van der Waals surface area contributed by atoms with Crippen molar-refractivity contribution in [2.24, 2.45) is 0 Å². The number of nitrogens with one attached hydrogen (secondary N) is 1. The van der Waals surface area contributed by atoms with Crippen molar-refractivity contribution in [2.75, 3.05) is 36.4 Å². The average molecular weight is 453 g/mol. The van der Waals surface area contributed by atoms with Crippen LogP contribution in [0.1, 0.15) is 27.0 Å². The molecule has 3 amide bonds. The molecule has 8 heteroatoms. The Morgan fingerprint density at radius 1 is 0.882 bits per heavy atom. The summed E-state index contributed by atoms with van der Waals surface area (Å²) in [5.74, 6) is 0.920. The number of carbonyl (C=O) groups is 2. The van der Waals surface area contributed by atoms with E-state index < -0.39 is 0 Å². The van der Waals surface area contributed by atoms with Gasteiger partial charge < -0.3 is 20.0 Å². The van der Waals surface area contributed by atoms with Gasteiger partial charge in [0.25, 0.3) is 5.91 Å². The quantitative estimate of drug-likeness (QED) is 0.657. The van der Waals surface area contributed by atoms with E-state index in [1.807, 2.05) is 35.2 Å². The standard InChI is InChI=1S/C26H24N6O2/c27-16-19-4-5-21-17-32(18-22(21)15-19)26(34)29-23-8-6-20(7-9-23)25(33)31-13-11-30(12-14-31)24-3-1-2-10-28-24/h1-10,15H,11-14,17-18H2,(H,29,34). The molecule has 0 unspecified atom stereocenters. The zero-order valence-electron chi connectivity index (χ0n) is 18.6. The Morgan fingerprint density at radius 3 is 2.35 bits per heavy atom. The molecule has 0 saturated carbocycles. The maximum Gasteiger partial charge on any atom is 0.322 e. The first kappa shape index (κ1) is 21.5. The van der Waals surface area contributed by atoms with Crippen LogP contribution in [0.25, 0.3) is 0 Å². The van der Waals surface area contributed by atoms with Gasteiger partial charge in [-0.05, 0) is 59.7 Å². The summed E-state index contributed by atoms with van der Waals surface area (Å²) < 4.78 is 0. The number of anilines is 2. The number of urea groups is 1. The Balaban J connectivity index is 1.15. The number of hydrogen-bond donors (Lipinski definition) is 1. The molecule has 170 valence electrons. The van der Waals surface area contributed by atoms with Crippen molar-refractivity contribution < 1.29 is 9.59 Å². The van der Waals surface area contributed by atoms with Crippen LogP contribution in [0.4, 0.5) is 16.3 Å². The van der Waals surface area contributed by atoms with Gasteiger partial charge >= 0.3 is 6.03 Å². The van der Waals surface area contributed by atoms with Gasteiger partial charge in [0, 0.05) is 56.7 Å². The molecule has 3 aromatic rings. The van der Waals surface area contributed by atoms with Crippen LogP contribution < -0.4 is 10.2 Å². The number of piperazine rings is 1. The normalized spacial score (nSPS) is 15.0. The third-order valence-electron chi connectivity index (χ3n) is 6.27. The van der Waals surface area contributed by atoms with E-state index in [2.05, 4.69) is 21.3 Å². The van der Waals surface area contributed by atoms with Gasteiger partial charge in [-0.2, -0.15) is 5.26 Å². The second kappa shape index (κ2) is 9.24. The lowest BCUT2D eigenvalue weighted by Gasteiger charge is -2.35. The summed E-state index contributed by atoms with van der Waals surface area (Å²) >= 11 is 0. The molecule has 0 radical (unpaired) electrons. The van der Waals surface area contributed by atoms with E-state index in [-0.39, 0.29) is 11.9 Å². The highest BCUT2D eigenvalue weighted by Gasteiger charge is 2.25. The van der Waals surface area contributed by atoms with Gasteiger partial charge in [0.15, 0.2) is 0 Å². The van der Waals surface area contributed by atoms with Crippen molar-refractivity contribution in [1.29, 1.82) is 5.26 Å². The van der Waals surface area contributed by atoms with Crippen molar-refractivity contribution in [3.63, 3.8) is 0 Å². The number of nitrogens with zero attached hydrogens (tertiary/aromatic N) is 5. The van der Waals surface area contributed by atoms with Gasteiger partial charge in [-0.3, -0.25) is 4.79 Å². The molecule has 2 aliphatic rings. The van der Waals surface area contributed by atoms with E-state index in [4.69, 9.17) is 5.26 Å². The Morgan fingerprint density at radius 2 is 1.65 bits per heavy atom. The predicted molar refractivity (Wildman–Crippen MR) is 128 cm³/mol. The highest BCUT2D eigenvalue weighted by molar-refractivity contribution is 5.95. The van der Waals surface area contributed by atoms with Gasteiger partial charge in [-0.25, -0.2) is 9.78 Å². The maximum atomic E-state index is 12.9. The lowest BCUT2D eigenvalue weighted by atomic mass is 10.1. The van der Waals surface area contributed by atoms with E-state index >= 15 is 0 Å². The molecule has 1 N–H and O–H groups in total. The van der Waals surface area contributed by atoms with Crippen LogP contribution in [-0.4, -0.2) is 52.9 Å².